The van der Waals surface area contributed by atoms with Crippen LogP contribution in [0, 0.1) is 0 Å². The molecule has 1 aliphatic heterocycles. The summed E-state index contributed by atoms with van der Waals surface area (Å²) in [5.74, 6) is -0.667. The van der Waals surface area contributed by atoms with E-state index in [0.717, 1.165) is 18.4 Å². The number of carbonyl (C=O) groups excluding carboxylic acids is 3. The van der Waals surface area contributed by atoms with E-state index >= 15 is 0 Å². The summed E-state index contributed by atoms with van der Waals surface area (Å²) in [6.07, 6.45) is 1.95. The number of fused-ring (bicyclic) bond motifs is 1. The van der Waals surface area contributed by atoms with Gasteiger partial charge in [0.05, 0.1) is 17.7 Å². The minimum atomic E-state index is -0.277. The van der Waals surface area contributed by atoms with Crippen LogP contribution in [0.5, 0.6) is 0 Å². The zero-order valence-electron chi connectivity index (χ0n) is 15.0. The first-order chi connectivity index (χ1) is 12.5. The van der Waals surface area contributed by atoms with Crippen LogP contribution in [0.2, 0.25) is 0 Å². The van der Waals surface area contributed by atoms with Crippen molar-refractivity contribution in [2.24, 2.45) is 0 Å². The van der Waals surface area contributed by atoms with Crippen molar-refractivity contribution in [3.05, 3.63) is 70.8 Å². The lowest BCUT2D eigenvalue weighted by Crippen LogP contribution is -2.32. The van der Waals surface area contributed by atoms with Gasteiger partial charge in [-0.15, -0.1) is 0 Å². The summed E-state index contributed by atoms with van der Waals surface area (Å²) in [5.41, 5.74) is 2.26. The van der Waals surface area contributed by atoms with E-state index in [2.05, 4.69) is 12.2 Å². The van der Waals surface area contributed by atoms with Gasteiger partial charge in [-0.1, -0.05) is 37.6 Å². The molecule has 0 fully saturated rings. The fraction of sp³-hybridized carbons (Fsp3) is 0.286. The van der Waals surface area contributed by atoms with Crippen LogP contribution >= 0.6 is 0 Å². The molecule has 0 saturated carbocycles. The predicted octanol–water partition coefficient (Wildman–Crippen LogP) is 3.40. The van der Waals surface area contributed by atoms with Crippen LogP contribution in [-0.4, -0.2) is 28.7 Å². The van der Waals surface area contributed by atoms with Crippen molar-refractivity contribution in [1.29, 1.82) is 0 Å². The maximum Gasteiger partial charge on any atom is 0.261 e. The monoisotopic (exact) mass is 350 g/mol. The fourth-order valence-electron chi connectivity index (χ4n) is 3.14. The van der Waals surface area contributed by atoms with E-state index in [1.54, 1.807) is 48.5 Å². The molecular weight excluding hydrogens is 328 g/mol. The third-order valence-electron chi connectivity index (χ3n) is 4.53. The molecule has 0 aliphatic carbocycles. The lowest BCUT2D eigenvalue weighted by molar-refractivity contribution is 0.0641. The summed E-state index contributed by atoms with van der Waals surface area (Å²) < 4.78 is 0. The Hall–Kier alpha value is -2.95. The van der Waals surface area contributed by atoms with Gasteiger partial charge in [0.25, 0.3) is 17.7 Å². The SMILES string of the molecule is CCCC(C)NC(=O)c1ccc(CN2C(=O)c3ccccc3C2=O)cc1. The molecule has 1 heterocycles. The van der Waals surface area contributed by atoms with Crippen molar-refractivity contribution < 1.29 is 14.4 Å². The highest BCUT2D eigenvalue weighted by atomic mass is 16.2. The summed E-state index contributed by atoms with van der Waals surface area (Å²) in [6, 6.07) is 14.0. The molecule has 3 rings (SSSR count). The first-order valence-electron chi connectivity index (χ1n) is 8.86. The number of hydrogen-bond donors (Lipinski definition) is 1. The van der Waals surface area contributed by atoms with Crippen LogP contribution in [0.1, 0.15) is 63.3 Å². The van der Waals surface area contributed by atoms with Gasteiger partial charge in [-0.3, -0.25) is 19.3 Å². The Bertz CT molecular complexity index is 808. The van der Waals surface area contributed by atoms with Gasteiger partial charge in [0.15, 0.2) is 0 Å². The van der Waals surface area contributed by atoms with Gasteiger partial charge >= 0.3 is 0 Å². The molecule has 26 heavy (non-hydrogen) atoms. The largest absolute Gasteiger partial charge is 0.350 e. The van der Waals surface area contributed by atoms with E-state index < -0.39 is 0 Å². The summed E-state index contributed by atoms with van der Waals surface area (Å²) in [7, 11) is 0. The highest BCUT2D eigenvalue weighted by Crippen LogP contribution is 2.24. The molecule has 0 radical (unpaired) electrons. The molecule has 2 aromatic carbocycles. The van der Waals surface area contributed by atoms with E-state index in [0.29, 0.717) is 16.7 Å². The quantitative estimate of drug-likeness (QED) is 0.812. The van der Waals surface area contributed by atoms with Gasteiger partial charge < -0.3 is 5.32 Å². The van der Waals surface area contributed by atoms with Crippen molar-refractivity contribution >= 4 is 17.7 Å². The van der Waals surface area contributed by atoms with Gasteiger partial charge in [-0.25, -0.2) is 0 Å². The zero-order chi connectivity index (χ0) is 18.7. The van der Waals surface area contributed by atoms with Crippen LogP contribution in [0.25, 0.3) is 0 Å². The number of imide groups is 1. The lowest BCUT2D eigenvalue weighted by Gasteiger charge is -2.15. The predicted molar refractivity (Wildman–Crippen MR) is 98.9 cm³/mol. The maximum absolute atomic E-state index is 12.4. The Balaban J connectivity index is 1.68. The van der Waals surface area contributed by atoms with Gasteiger partial charge in [-0.05, 0) is 43.2 Å². The number of nitrogens with one attached hydrogen (secondary N) is 1. The first kappa shape index (κ1) is 17.9. The van der Waals surface area contributed by atoms with Gasteiger partial charge in [0.2, 0.25) is 0 Å². The molecule has 1 atom stereocenters. The average Bonchev–Trinajstić information content (AvgIpc) is 2.88. The molecule has 3 amide bonds. The topological polar surface area (TPSA) is 66.5 Å². The van der Waals surface area contributed by atoms with Crippen LogP contribution in [0.4, 0.5) is 0 Å². The third-order valence-corrected chi connectivity index (χ3v) is 4.53. The Morgan fingerprint density at radius 1 is 1.00 bits per heavy atom. The Morgan fingerprint density at radius 2 is 1.58 bits per heavy atom. The van der Waals surface area contributed by atoms with Crippen molar-refractivity contribution in [3.63, 3.8) is 0 Å². The third kappa shape index (κ3) is 3.52. The lowest BCUT2D eigenvalue weighted by atomic mass is 10.1. The number of nitrogens with zero attached hydrogens (tertiary/aromatic N) is 1. The molecule has 134 valence electrons. The molecule has 5 heteroatoms. The smallest absolute Gasteiger partial charge is 0.261 e. The first-order valence-corrected chi connectivity index (χ1v) is 8.86. The number of hydrogen-bond acceptors (Lipinski definition) is 3. The molecule has 0 bridgehead atoms. The highest BCUT2D eigenvalue weighted by Gasteiger charge is 2.34. The molecular formula is C21H22N2O3. The average molecular weight is 350 g/mol. The molecule has 1 aliphatic rings. The maximum atomic E-state index is 12.4. The van der Waals surface area contributed by atoms with Crippen molar-refractivity contribution in [3.8, 4) is 0 Å². The Morgan fingerprint density at radius 3 is 2.12 bits per heavy atom. The second kappa shape index (κ2) is 7.52. The number of amides is 3. The molecule has 0 saturated heterocycles. The van der Waals surface area contributed by atoms with Gasteiger partial charge in [0, 0.05) is 11.6 Å². The molecule has 2 aromatic rings. The normalized spacial score (nSPS) is 14.3. The molecule has 5 nitrogen and oxygen atoms in total. The molecule has 1 N–H and O–H groups in total. The van der Waals surface area contributed by atoms with Gasteiger partial charge in [0.1, 0.15) is 0 Å². The van der Waals surface area contributed by atoms with E-state index in [-0.39, 0.29) is 30.3 Å². The van der Waals surface area contributed by atoms with Crippen molar-refractivity contribution in [1.82, 2.24) is 10.2 Å². The fourth-order valence-corrected chi connectivity index (χ4v) is 3.14. The number of carbonyl (C=O) groups is 3. The minimum Gasteiger partial charge on any atom is -0.350 e. The van der Waals surface area contributed by atoms with Crippen LogP contribution < -0.4 is 5.32 Å². The van der Waals surface area contributed by atoms with E-state index in [4.69, 9.17) is 0 Å². The van der Waals surface area contributed by atoms with Crippen LogP contribution in [0.3, 0.4) is 0 Å². The van der Waals surface area contributed by atoms with Gasteiger partial charge in [-0.2, -0.15) is 0 Å². The summed E-state index contributed by atoms with van der Waals surface area (Å²) in [4.78, 5) is 38.3. The van der Waals surface area contributed by atoms with Crippen LogP contribution in [-0.2, 0) is 6.54 Å². The van der Waals surface area contributed by atoms with Crippen LogP contribution in [0.15, 0.2) is 48.5 Å². The second-order valence-corrected chi connectivity index (χ2v) is 6.60. The zero-order valence-corrected chi connectivity index (χ0v) is 15.0. The van der Waals surface area contributed by atoms with E-state index in [1.807, 2.05) is 6.92 Å². The second-order valence-electron chi connectivity index (χ2n) is 6.60. The highest BCUT2D eigenvalue weighted by molar-refractivity contribution is 6.21. The molecule has 1 unspecified atom stereocenters. The molecule has 0 spiro atoms. The Labute approximate surface area is 153 Å². The Kier molecular flexibility index (Phi) is 5.16. The minimum absolute atomic E-state index is 0.113. The van der Waals surface area contributed by atoms with E-state index in [9.17, 15) is 14.4 Å². The van der Waals surface area contributed by atoms with Crippen molar-refractivity contribution in [2.45, 2.75) is 39.3 Å². The number of benzene rings is 2. The summed E-state index contributed by atoms with van der Waals surface area (Å²) >= 11 is 0. The molecule has 0 aromatic heterocycles. The van der Waals surface area contributed by atoms with Crippen molar-refractivity contribution in [2.75, 3.05) is 0 Å². The standard InChI is InChI=1S/C21H22N2O3/c1-3-6-14(2)22-19(24)16-11-9-15(10-12-16)13-23-20(25)17-7-4-5-8-18(17)21(23)26/h4-5,7-12,14H,3,6,13H2,1-2H3,(H,22,24). The summed E-state index contributed by atoms with van der Waals surface area (Å²) in [5, 5.41) is 2.96. The summed E-state index contributed by atoms with van der Waals surface area (Å²) in [6.45, 7) is 4.26. The number of rotatable bonds is 6. The van der Waals surface area contributed by atoms with E-state index in [1.165, 1.54) is 4.90 Å².